The van der Waals surface area contributed by atoms with Crippen LogP contribution in [0.25, 0.3) is 0 Å². The van der Waals surface area contributed by atoms with Crippen molar-refractivity contribution >= 4 is 15.9 Å². The fourth-order valence-corrected chi connectivity index (χ4v) is 2.52. The molecule has 0 atom stereocenters. The molecular formula is C11H17N3O3S. The van der Waals surface area contributed by atoms with E-state index in [0.29, 0.717) is 11.4 Å². The average Bonchev–Trinajstić information content (AvgIpc) is 3.10. The Hall–Kier alpha value is -1.31. The molecule has 0 saturated heterocycles. The second kappa shape index (κ2) is 5.55. The lowest BCUT2D eigenvalue weighted by Crippen LogP contribution is -2.39. The summed E-state index contributed by atoms with van der Waals surface area (Å²) in [5.41, 5.74) is 6.23. The fraction of sp³-hybridized carbons (Fsp3) is 0.455. The van der Waals surface area contributed by atoms with Gasteiger partial charge in [0.15, 0.2) is 0 Å². The number of hydrogen-bond donors (Lipinski definition) is 3. The van der Waals surface area contributed by atoms with Crippen molar-refractivity contribution in [1.29, 1.82) is 0 Å². The molecule has 0 bridgehead atoms. The second-order valence-electron chi connectivity index (χ2n) is 4.18. The molecule has 2 rings (SSSR count). The predicted molar refractivity (Wildman–Crippen MR) is 69.4 cm³/mol. The van der Waals surface area contributed by atoms with Crippen LogP contribution >= 0.6 is 0 Å². The van der Waals surface area contributed by atoms with Gasteiger partial charge in [-0.25, -0.2) is 0 Å². The first kappa shape index (κ1) is 13.1. The highest BCUT2D eigenvalue weighted by atomic mass is 32.2. The van der Waals surface area contributed by atoms with Crippen LogP contribution in [0.3, 0.4) is 0 Å². The smallest absolute Gasteiger partial charge is 0.277 e. The molecule has 0 aromatic heterocycles. The molecule has 7 heteroatoms. The highest BCUT2D eigenvalue weighted by Gasteiger charge is 2.26. The lowest BCUT2D eigenvalue weighted by atomic mass is 10.3. The molecule has 6 nitrogen and oxygen atoms in total. The molecule has 4 N–H and O–H groups in total. The molecule has 0 spiro atoms. The maximum atomic E-state index is 11.5. The molecular weight excluding hydrogens is 254 g/mol. The molecule has 100 valence electrons. The van der Waals surface area contributed by atoms with Gasteiger partial charge in [0.1, 0.15) is 12.4 Å². The maximum Gasteiger partial charge on any atom is 0.277 e. The minimum Gasteiger partial charge on any atom is -0.490 e. The molecule has 0 radical (unpaired) electrons. The topological polar surface area (TPSA) is 93.4 Å². The van der Waals surface area contributed by atoms with Gasteiger partial charge < -0.3 is 10.5 Å². The Kier molecular flexibility index (Phi) is 4.05. The predicted octanol–water partition coefficient (Wildman–Crippen LogP) is 0.234. The third-order valence-corrected chi connectivity index (χ3v) is 3.70. The normalized spacial score (nSPS) is 15.6. The van der Waals surface area contributed by atoms with Gasteiger partial charge in [0.25, 0.3) is 10.2 Å². The third-order valence-electron chi connectivity index (χ3n) is 2.47. The van der Waals surface area contributed by atoms with Crippen molar-refractivity contribution in [2.24, 2.45) is 0 Å². The van der Waals surface area contributed by atoms with Gasteiger partial charge in [-0.2, -0.15) is 17.9 Å². The van der Waals surface area contributed by atoms with Gasteiger partial charge in [0.05, 0.1) is 5.69 Å². The summed E-state index contributed by atoms with van der Waals surface area (Å²) in [7, 11) is -3.39. The number of nitrogens with one attached hydrogen (secondary N) is 2. The molecule has 0 aliphatic heterocycles. The molecule has 1 aromatic rings. The Morgan fingerprint density at radius 3 is 2.72 bits per heavy atom. The summed E-state index contributed by atoms with van der Waals surface area (Å²) in [6.45, 7) is 0.441. The first-order valence-corrected chi connectivity index (χ1v) is 7.29. The molecule has 18 heavy (non-hydrogen) atoms. The van der Waals surface area contributed by atoms with Crippen molar-refractivity contribution in [3.05, 3.63) is 24.3 Å². The van der Waals surface area contributed by atoms with Gasteiger partial charge in [0, 0.05) is 12.6 Å². The van der Waals surface area contributed by atoms with Crippen LogP contribution in [0.15, 0.2) is 24.3 Å². The number of ether oxygens (including phenoxy) is 1. The van der Waals surface area contributed by atoms with Crippen molar-refractivity contribution < 1.29 is 13.2 Å². The molecule has 0 heterocycles. The summed E-state index contributed by atoms with van der Waals surface area (Å²) in [6.07, 6.45) is 1.83. The van der Waals surface area contributed by atoms with E-state index in [9.17, 15) is 8.42 Å². The molecule has 1 aliphatic rings. The van der Waals surface area contributed by atoms with Crippen molar-refractivity contribution in [3.63, 3.8) is 0 Å². The van der Waals surface area contributed by atoms with E-state index in [1.165, 1.54) is 0 Å². The van der Waals surface area contributed by atoms with Gasteiger partial charge in [0.2, 0.25) is 0 Å². The van der Waals surface area contributed by atoms with E-state index in [2.05, 4.69) is 9.44 Å². The average molecular weight is 271 g/mol. The Bertz CT molecular complexity index is 500. The zero-order valence-corrected chi connectivity index (χ0v) is 10.7. The van der Waals surface area contributed by atoms with E-state index >= 15 is 0 Å². The monoisotopic (exact) mass is 271 g/mol. The van der Waals surface area contributed by atoms with Crippen molar-refractivity contribution in [3.8, 4) is 5.75 Å². The highest BCUT2D eigenvalue weighted by molar-refractivity contribution is 7.87. The Balaban J connectivity index is 1.71. The number of nitrogen functional groups attached to an aromatic ring is 1. The number of para-hydroxylation sites is 2. The first-order chi connectivity index (χ1) is 8.57. The van der Waals surface area contributed by atoms with Crippen LogP contribution in [0.1, 0.15) is 12.8 Å². The van der Waals surface area contributed by atoms with Gasteiger partial charge in [-0.1, -0.05) is 12.1 Å². The van der Waals surface area contributed by atoms with E-state index in [1.807, 2.05) is 12.1 Å². The van der Waals surface area contributed by atoms with Gasteiger partial charge >= 0.3 is 0 Å². The van der Waals surface area contributed by atoms with E-state index < -0.39 is 10.2 Å². The van der Waals surface area contributed by atoms with Crippen LogP contribution in [0.5, 0.6) is 5.75 Å². The third kappa shape index (κ3) is 4.17. The minimum absolute atomic E-state index is 0.105. The maximum absolute atomic E-state index is 11.5. The molecule has 1 saturated carbocycles. The van der Waals surface area contributed by atoms with E-state index in [-0.39, 0.29) is 19.2 Å². The zero-order valence-electron chi connectivity index (χ0n) is 9.93. The van der Waals surface area contributed by atoms with Gasteiger partial charge in [-0.05, 0) is 25.0 Å². The molecule has 0 unspecified atom stereocenters. The van der Waals surface area contributed by atoms with Crippen molar-refractivity contribution in [2.75, 3.05) is 18.9 Å². The molecule has 1 aliphatic carbocycles. The Labute approximate surface area is 107 Å². The summed E-state index contributed by atoms with van der Waals surface area (Å²) in [4.78, 5) is 0. The fourth-order valence-electron chi connectivity index (χ4n) is 1.41. The molecule has 1 aromatic carbocycles. The second-order valence-corrected chi connectivity index (χ2v) is 5.71. The standard InChI is InChI=1S/C11H17N3O3S/c12-10-3-1-2-4-11(10)17-8-7-13-18(15,16)14-9-5-6-9/h1-4,9,13-14H,5-8,12H2. The minimum atomic E-state index is -3.39. The van der Waals surface area contributed by atoms with E-state index in [0.717, 1.165) is 12.8 Å². The van der Waals surface area contributed by atoms with Crippen molar-refractivity contribution in [2.45, 2.75) is 18.9 Å². The number of anilines is 1. The molecule has 0 amide bonds. The summed E-state index contributed by atoms with van der Waals surface area (Å²) in [5.74, 6) is 0.562. The lowest BCUT2D eigenvalue weighted by molar-refractivity contribution is 0.324. The van der Waals surface area contributed by atoms with Gasteiger partial charge in [-0.3, -0.25) is 0 Å². The van der Waals surface area contributed by atoms with E-state index in [1.54, 1.807) is 12.1 Å². The molecule has 1 fully saturated rings. The van der Waals surface area contributed by atoms with Gasteiger partial charge in [-0.15, -0.1) is 0 Å². The Morgan fingerprint density at radius 2 is 2.06 bits per heavy atom. The quantitative estimate of drug-likeness (QED) is 0.489. The van der Waals surface area contributed by atoms with Crippen LogP contribution in [-0.4, -0.2) is 27.6 Å². The number of hydrogen-bond acceptors (Lipinski definition) is 4. The largest absolute Gasteiger partial charge is 0.490 e. The summed E-state index contributed by atoms with van der Waals surface area (Å²) < 4.78 is 33.2. The van der Waals surface area contributed by atoms with Crippen molar-refractivity contribution in [1.82, 2.24) is 9.44 Å². The number of rotatable bonds is 7. The zero-order chi connectivity index (χ0) is 13.0. The van der Waals surface area contributed by atoms with Crippen LogP contribution < -0.4 is 19.9 Å². The van der Waals surface area contributed by atoms with Crippen LogP contribution in [0.4, 0.5) is 5.69 Å². The van der Waals surface area contributed by atoms with E-state index in [4.69, 9.17) is 10.5 Å². The first-order valence-electron chi connectivity index (χ1n) is 5.81. The summed E-state index contributed by atoms with van der Waals surface area (Å²) in [5, 5.41) is 0. The number of benzene rings is 1. The summed E-state index contributed by atoms with van der Waals surface area (Å²) >= 11 is 0. The Morgan fingerprint density at radius 1 is 1.33 bits per heavy atom. The lowest BCUT2D eigenvalue weighted by Gasteiger charge is -2.10. The van der Waals surface area contributed by atoms with Crippen LogP contribution in [0, 0.1) is 0 Å². The van der Waals surface area contributed by atoms with Crippen LogP contribution in [0.2, 0.25) is 0 Å². The summed E-state index contributed by atoms with van der Waals surface area (Å²) in [6, 6.07) is 7.20. The highest BCUT2D eigenvalue weighted by Crippen LogP contribution is 2.20. The SMILES string of the molecule is Nc1ccccc1OCCNS(=O)(=O)NC1CC1. The number of nitrogens with two attached hydrogens (primary N) is 1. The van der Waals surface area contributed by atoms with Crippen LogP contribution in [-0.2, 0) is 10.2 Å².